The van der Waals surface area contributed by atoms with E-state index in [0.29, 0.717) is 17.7 Å². The normalized spacial score (nSPS) is 26.7. The lowest BCUT2D eigenvalue weighted by molar-refractivity contribution is -0.163. The molecule has 0 aliphatic heterocycles. The van der Waals surface area contributed by atoms with E-state index < -0.39 is 11.6 Å². The van der Waals surface area contributed by atoms with Gasteiger partial charge in [-0.3, -0.25) is 4.79 Å². The van der Waals surface area contributed by atoms with Gasteiger partial charge in [-0.25, -0.2) is 4.79 Å². The van der Waals surface area contributed by atoms with Crippen molar-refractivity contribution < 1.29 is 19.4 Å². The minimum Gasteiger partial charge on any atom is -0.478 e. The molecule has 2 rings (SSSR count). The third kappa shape index (κ3) is 2.62. The standard InChI is InChI=1S/C15H18O4/c1-11-5-2-3-8-15(11,14(17)18)19-13-7-4-6-12(9-13)10-16/h4,6-7,9-11H,2-3,5,8H2,1H3,(H,17,18). The van der Waals surface area contributed by atoms with Gasteiger partial charge in [0.25, 0.3) is 0 Å². The number of aliphatic carboxylic acids is 1. The maximum absolute atomic E-state index is 11.7. The Kier molecular flexibility index (Phi) is 3.88. The molecule has 1 fully saturated rings. The summed E-state index contributed by atoms with van der Waals surface area (Å²) in [6, 6.07) is 6.64. The van der Waals surface area contributed by atoms with E-state index in [2.05, 4.69) is 0 Å². The highest BCUT2D eigenvalue weighted by molar-refractivity contribution is 5.79. The maximum atomic E-state index is 11.7. The highest BCUT2D eigenvalue weighted by Gasteiger charge is 2.47. The molecule has 1 aromatic rings. The summed E-state index contributed by atoms with van der Waals surface area (Å²) in [6.07, 6.45) is 3.97. The average molecular weight is 262 g/mol. The van der Waals surface area contributed by atoms with Gasteiger partial charge in [0.1, 0.15) is 12.0 Å². The Labute approximate surface area is 112 Å². The Morgan fingerprint density at radius 2 is 2.26 bits per heavy atom. The van der Waals surface area contributed by atoms with Crippen molar-refractivity contribution >= 4 is 12.3 Å². The van der Waals surface area contributed by atoms with Gasteiger partial charge >= 0.3 is 5.97 Å². The summed E-state index contributed by atoms with van der Waals surface area (Å²) in [6.45, 7) is 1.91. The van der Waals surface area contributed by atoms with Crippen molar-refractivity contribution in [2.45, 2.75) is 38.2 Å². The summed E-state index contributed by atoms with van der Waals surface area (Å²) in [4.78, 5) is 22.4. The summed E-state index contributed by atoms with van der Waals surface area (Å²) >= 11 is 0. The first-order valence-electron chi connectivity index (χ1n) is 6.56. The molecule has 1 aliphatic rings. The summed E-state index contributed by atoms with van der Waals surface area (Å²) < 4.78 is 5.80. The molecule has 19 heavy (non-hydrogen) atoms. The number of carbonyl (C=O) groups is 2. The van der Waals surface area contributed by atoms with E-state index in [4.69, 9.17) is 4.74 Å². The van der Waals surface area contributed by atoms with Crippen LogP contribution in [0.1, 0.15) is 43.0 Å². The van der Waals surface area contributed by atoms with Crippen LogP contribution in [0.3, 0.4) is 0 Å². The van der Waals surface area contributed by atoms with Crippen LogP contribution in [-0.4, -0.2) is 23.0 Å². The summed E-state index contributed by atoms with van der Waals surface area (Å²) in [5.74, 6) is -0.518. The van der Waals surface area contributed by atoms with Crippen LogP contribution in [0.15, 0.2) is 24.3 Å². The number of hydrogen-bond donors (Lipinski definition) is 1. The van der Waals surface area contributed by atoms with Crippen LogP contribution in [0.25, 0.3) is 0 Å². The fraction of sp³-hybridized carbons (Fsp3) is 0.467. The number of carboxylic acid groups (broad SMARTS) is 1. The molecule has 1 aliphatic carbocycles. The molecule has 4 nitrogen and oxygen atoms in total. The minimum atomic E-state index is -1.17. The maximum Gasteiger partial charge on any atom is 0.348 e. The molecule has 0 bridgehead atoms. The lowest BCUT2D eigenvalue weighted by Crippen LogP contribution is -2.51. The molecular formula is C15H18O4. The van der Waals surface area contributed by atoms with Gasteiger partial charge in [0.05, 0.1) is 0 Å². The summed E-state index contributed by atoms with van der Waals surface area (Å²) in [7, 11) is 0. The van der Waals surface area contributed by atoms with Crippen LogP contribution in [0, 0.1) is 5.92 Å². The van der Waals surface area contributed by atoms with Gasteiger partial charge in [0.2, 0.25) is 5.60 Å². The van der Waals surface area contributed by atoms with Crippen molar-refractivity contribution in [2.75, 3.05) is 0 Å². The molecule has 0 aromatic heterocycles. The number of aldehydes is 1. The van der Waals surface area contributed by atoms with Crippen LogP contribution in [0.5, 0.6) is 5.75 Å². The molecule has 0 amide bonds. The van der Waals surface area contributed by atoms with Gasteiger partial charge in [-0.05, 0) is 31.4 Å². The minimum absolute atomic E-state index is 0.0429. The highest BCUT2D eigenvalue weighted by Crippen LogP contribution is 2.38. The first kappa shape index (κ1) is 13.6. The molecule has 2 unspecified atom stereocenters. The topological polar surface area (TPSA) is 63.6 Å². The van der Waals surface area contributed by atoms with E-state index in [1.54, 1.807) is 24.3 Å². The number of carboxylic acids is 1. The number of carbonyl (C=O) groups excluding carboxylic acids is 1. The van der Waals surface area contributed by atoms with Crippen LogP contribution in [0.2, 0.25) is 0 Å². The second kappa shape index (κ2) is 5.43. The number of benzene rings is 1. The van der Waals surface area contributed by atoms with Crippen molar-refractivity contribution in [3.05, 3.63) is 29.8 Å². The molecule has 4 heteroatoms. The van der Waals surface area contributed by atoms with Crippen molar-refractivity contribution in [3.8, 4) is 5.75 Å². The smallest absolute Gasteiger partial charge is 0.348 e. The van der Waals surface area contributed by atoms with Crippen LogP contribution >= 0.6 is 0 Å². The number of rotatable bonds is 4. The Bertz CT molecular complexity index is 483. The Morgan fingerprint density at radius 3 is 2.89 bits per heavy atom. The Hall–Kier alpha value is -1.84. The van der Waals surface area contributed by atoms with Gasteiger partial charge in [0, 0.05) is 11.5 Å². The first-order valence-corrected chi connectivity index (χ1v) is 6.56. The molecule has 0 heterocycles. The highest BCUT2D eigenvalue weighted by atomic mass is 16.5. The van der Waals surface area contributed by atoms with Gasteiger partial charge in [-0.15, -0.1) is 0 Å². The number of hydrogen-bond acceptors (Lipinski definition) is 3. The number of ether oxygens (including phenoxy) is 1. The predicted octanol–water partition coefficient (Wildman–Crippen LogP) is 2.91. The fourth-order valence-corrected chi connectivity index (χ4v) is 2.69. The summed E-state index contributed by atoms with van der Waals surface area (Å²) in [5, 5.41) is 9.55. The van der Waals surface area contributed by atoms with Crippen LogP contribution in [0.4, 0.5) is 0 Å². The van der Waals surface area contributed by atoms with Crippen molar-refractivity contribution in [2.24, 2.45) is 5.92 Å². The zero-order valence-electron chi connectivity index (χ0n) is 11.0. The zero-order chi connectivity index (χ0) is 13.9. The SMILES string of the molecule is CC1CCCCC1(Oc1cccc(C=O)c1)C(=O)O. The van der Waals surface area contributed by atoms with Gasteiger partial charge in [-0.2, -0.15) is 0 Å². The van der Waals surface area contributed by atoms with Crippen molar-refractivity contribution in [1.29, 1.82) is 0 Å². The molecule has 102 valence electrons. The zero-order valence-corrected chi connectivity index (χ0v) is 11.0. The Balaban J connectivity index is 2.30. The van der Waals surface area contributed by atoms with Crippen molar-refractivity contribution in [3.63, 3.8) is 0 Å². The van der Waals surface area contributed by atoms with Gasteiger partial charge in [0.15, 0.2) is 0 Å². The average Bonchev–Trinajstić information content (AvgIpc) is 2.41. The van der Waals surface area contributed by atoms with E-state index >= 15 is 0 Å². The van der Waals surface area contributed by atoms with E-state index in [0.717, 1.165) is 25.5 Å². The van der Waals surface area contributed by atoms with Crippen LogP contribution in [-0.2, 0) is 4.79 Å². The van der Waals surface area contributed by atoms with E-state index in [1.165, 1.54) is 0 Å². The second-order valence-electron chi connectivity index (χ2n) is 5.13. The molecule has 1 N–H and O–H groups in total. The van der Waals surface area contributed by atoms with Gasteiger partial charge < -0.3 is 9.84 Å². The molecule has 2 atom stereocenters. The van der Waals surface area contributed by atoms with E-state index in [1.807, 2.05) is 6.92 Å². The quantitative estimate of drug-likeness (QED) is 0.847. The largest absolute Gasteiger partial charge is 0.478 e. The first-order chi connectivity index (χ1) is 9.08. The van der Waals surface area contributed by atoms with Crippen molar-refractivity contribution in [1.82, 2.24) is 0 Å². The van der Waals surface area contributed by atoms with Crippen LogP contribution < -0.4 is 4.74 Å². The molecule has 1 saturated carbocycles. The monoisotopic (exact) mass is 262 g/mol. The fourth-order valence-electron chi connectivity index (χ4n) is 2.69. The predicted molar refractivity (Wildman–Crippen MR) is 70.5 cm³/mol. The lowest BCUT2D eigenvalue weighted by Gasteiger charge is -2.39. The molecule has 0 saturated heterocycles. The Morgan fingerprint density at radius 1 is 1.47 bits per heavy atom. The van der Waals surface area contributed by atoms with E-state index in [9.17, 15) is 14.7 Å². The summed E-state index contributed by atoms with van der Waals surface area (Å²) in [5.41, 5.74) is -0.679. The third-order valence-electron chi connectivity index (χ3n) is 3.89. The molecule has 1 aromatic carbocycles. The molecular weight excluding hydrogens is 244 g/mol. The van der Waals surface area contributed by atoms with Gasteiger partial charge in [-0.1, -0.05) is 25.5 Å². The second-order valence-corrected chi connectivity index (χ2v) is 5.13. The molecule has 0 radical (unpaired) electrons. The lowest BCUT2D eigenvalue weighted by atomic mass is 9.76. The van der Waals surface area contributed by atoms with E-state index in [-0.39, 0.29) is 5.92 Å². The third-order valence-corrected chi connectivity index (χ3v) is 3.89. The molecule has 0 spiro atoms.